The van der Waals surface area contributed by atoms with E-state index in [0.29, 0.717) is 0 Å². The molecular weight excluding hydrogens is 400 g/mol. The molecule has 2 heteroatoms. The highest BCUT2D eigenvalue weighted by atomic mass is 15.2. The number of para-hydroxylation sites is 4. The van der Waals surface area contributed by atoms with Crippen LogP contribution in [0.2, 0.25) is 0 Å². The van der Waals surface area contributed by atoms with E-state index in [-0.39, 0.29) is 0 Å². The molecule has 0 amide bonds. The molecule has 0 saturated heterocycles. The second-order valence-corrected chi connectivity index (χ2v) is 7.93. The first kappa shape index (κ1) is 20.6. The number of hydrogen-bond acceptors (Lipinski definition) is 2. The Morgan fingerprint density at radius 2 is 0.606 bits per heavy atom. The maximum absolute atomic E-state index is 2.33. The molecule has 2 nitrogen and oxygen atoms in total. The third-order valence-corrected chi connectivity index (χ3v) is 5.82. The van der Waals surface area contributed by atoms with E-state index in [1.54, 1.807) is 0 Å². The Hall–Kier alpha value is -4.30. The molecule has 0 heterocycles. The van der Waals surface area contributed by atoms with Crippen molar-refractivity contribution in [2.45, 2.75) is 6.92 Å². The largest absolute Gasteiger partial charge is 0.310 e. The van der Waals surface area contributed by atoms with Gasteiger partial charge >= 0.3 is 0 Å². The predicted octanol–water partition coefficient (Wildman–Crippen LogP) is 8.93. The summed E-state index contributed by atoms with van der Waals surface area (Å²) < 4.78 is 0. The van der Waals surface area contributed by atoms with Gasteiger partial charge in [-0.2, -0.15) is 0 Å². The fourth-order valence-corrected chi connectivity index (χ4v) is 4.26. The van der Waals surface area contributed by atoms with Crippen molar-refractivity contribution in [2.24, 2.45) is 0 Å². The van der Waals surface area contributed by atoms with Crippen LogP contribution in [0.4, 0.5) is 34.1 Å². The molecule has 0 saturated carbocycles. The molecule has 5 aromatic rings. The van der Waals surface area contributed by atoms with Gasteiger partial charge in [0.2, 0.25) is 0 Å². The van der Waals surface area contributed by atoms with Gasteiger partial charge in [0.1, 0.15) is 0 Å². The topological polar surface area (TPSA) is 6.48 Å². The maximum atomic E-state index is 2.33. The summed E-state index contributed by atoms with van der Waals surface area (Å²) in [6.45, 7) is 2.21. The van der Waals surface area contributed by atoms with Crippen LogP contribution in [-0.4, -0.2) is 0 Å². The second kappa shape index (κ2) is 9.46. The van der Waals surface area contributed by atoms with Crippen molar-refractivity contribution < 1.29 is 0 Å². The quantitative estimate of drug-likeness (QED) is 0.267. The zero-order valence-corrected chi connectivity index (χ0v) is 18.7. The van der Waals surface area contributed by atoms with Crippen LogP contribution in [0, 0.1) is 6.92 Å². The fourth-order valence-electron chi connectivity index (χ4n) is 4.26. The van der Waals surface area contributed by atoms with E-state index in [4.69, 9.17) is 0 Å². The summed E-state index contributed by atoms with van der Waals surface area (Å²) in [5.74, 6) is 0. The Morgan fingerprint density at radius 1 is 0.333 bits per heavy atom. The summed E-state index contributed by atoms with van der Waals surface area (Å²) in [5.41, 5.74) is 8.05. The van der Waals surface area contributed by atoms with E-state index in [2.05, 4.69) is 156 Å². The molecule has 33 heavy (non-hydrogen) atoms. The van der Waals surface area contributed by atoms with E-state index in [1.165, 1.54) is 5.56 Å². The Balaban J connectivity index is 1.70. The van der Waals surface area contributed by atoms with Gasteiger partial charge in [0.15, 0.2) is 0 Å². The first-order chi connectivity index (χ1) is 16.3. The lowest BCUT2D eigenvalue weighted by molar-refractivity contribution is 1.21. The third-order valence-electron chi connectivity index (χ3n) is 5.82. The van der Waals surface area contributed by atoms with Gasteiger partial charge in [-0.3, -0.25) is 0 Å². The van der Waals surface area contributed by atoms with Crippen molar-refractivity contribution >= 4 is 34.1 Å². The standard InChI is InChI=1S/C31H26N2/c1-25-30(32(26-15-6-2-7-16-26)27-17-8-3-9-18-27)23-14-24-31(25)33(28-19-10-4-11-20-28)29-21-12-5-13-22-29/h2-24H,1H3. The molecule has 0 atom stereocenters. The molecule has 0 fully saturated rings. The third kappa shape index (κ3) is 4.24. The van der Waals surface area contributed by atoms with Gasteiger partial charge in [-0.15, -0.1) is 0 Å². The van der Waals surface area contributed by atoms with Crippen molar-refractivity contribution in [1.29, 1.82) is 0 Å². The van der Waals surface area contributed by atoms with Crippen LogP contribution in [0.1, 0.15) is 5.56 Å². The molecular formula is C31H26N2. The van der Waals surface area contributed by atoms with Crippen molar-refractivity contribution in [3.8, 4) is 0 Å². The van der Waals surface area contributed by atoms with E-state index < -0.39 is 0 Å². The molecule has 5 rings (SSSR count). The van der Waals surface area contributed by atoms with Crippen LogP contribution in [0.25, 0.3) is 0 Å². The Kier molecular flexibility index (Phi) is 5.90. The lowest BCUT2D eigenvalue weighted by Gasteiger charge is -2.31. The van der Waals surface area contributed by atoms with Crippen LogP contribution < -0.4 is 9.80 Å². The van der Waals surface area contributed by atoms with Gasteiger partial charge in [0.05, 0.1) is 11.4 Å². The minimum Gasteiger partial charge on any atom is -0.310 e. The molecule has 0 bridgehead atoms. The summed E-state index contributed by atoms with van der Waals surface area (Å²) in [7, 11) is 0. The summed E-state index contributed by atoms with van der Waals surface area (Å²) in [6.07, 6.45) is 0. The number of anilines is 6. The molecule has 0 aliphatic rings. The van der Waals surface area contributed by atoms with E-state index >= 15 is 0 Å². The predicted molar refractivity (Wildman–Crippen MR) is 141 cm³/mol. The summed E-state index contributed by atoms with van der Waals surface area (Å²) in [4.78, 5) is 4.65. The summed E-state index contributed by atoms with van der Waals surface area (Å²) >= 11 is 0. The SMILES string of the molecule is Cc1c(N(c2ccccc2)c2ccccc2)cccc1N(c1ccccc1)c1ccccc1. The number of hydrogen-bond donors (Lipinski definition) is 0. The van der Waals surface area contributed by atoms with Gasteiger partial charge < -0.3 is 9.80 Å². The minimum absolute atomic E-state index is 1.13. The Morgan fingerprint density at radius 3 is 0.879 bits per heavy atom. The normalized spacial score (nSPS) is 10.6. The van der Waals surface area contributed by atoms with E-state index in [1.807, 2.05) is 0 Å². The second-order valence-electron chi connectivity index (χ2n) is 7.93. The zero-order valence-electron chi connectivity index (χ0n) is 18.7. The number of benzene rings is 5. The van der Waals surface area contributed by atoms with Gasteiger partial charge in [-0.1, -0.05) is 78.9 Å². The average molecular weight is 427 g/mol. The van der Waals surface area contributed by atoms with Crippen LogP contribution in [-0.2, 0) is 0 Å². The van der Waals surface area contributed by atoms with Crippen molar-refractivity contribution in [2.75, 3.05) is 9.80 Å². The van der Waals surface area contributed by atoms with Crippen molar-refractivity contribution in [3.05, 3.63) is 145 Å². The highest BCUT2D eigenvalue weighted by Crippen LogP contribution is 2.43. The molecule has 160 valence electrons. The van der Waals surface area contributed by atoms with Crippen molar-refractivity contribution in [1.82, 2.24) is 0 Å². The molecule has 0 N–H and O–H groups in total. The lowest BCUT2D eigenvalue weighted by atomic mass is 10.1. The van der Waals surface area contributed by atoms with Gasteiger partial charge in [0.25, 0.3) is 0 Å². The van der Waals surface area contributed by atoms with Crippen molar-refractivity contribution in [3.63, 3.8) is 0 Å². The zero-order chi connectivity index (χ0) is 22.5. The van der Waals surface area contributed by atoms with Gasteiger partial charge in [0, 0.05) is 22.7 Å². The average Bonchev–Trinajstić information content (AvgIpc) is 2.89. The molecule has 0 unspecified atom stereocenters. The first-order valence-electron chi connectivity index (χ1n) is 11.2. The monoisotopic (exact) mass is 426 g/mol. The van der Waals surface area contributed by atoms with Crippen LogP contribution in [0.5, 0.6) is 0 Å². The number of nitrogens with zero attached hydrogens (tertiary/aromatic N) is 2. The molecule has 0 spiro atoms. The molecule has 0 radical (unpaired) electrons. The smallest absolute Gasteiger partial charge is 0.0511 e. The highest BCUT2D eigenvalue weighted by molar-refractivity contribution is 5.86. The van der Waals surface area contributed by atoms with Crippen LogP contribution in [0.3, 0.4) is 0 Å². The van der Waals surface area contributed by atoms with Gasteiger partial charge in [-0.25, -0.2) is 0 Å². The fraction of sp³-hybridized carbons (Fsp3) is 0.0323. The molecule has 0 aromatic heterocycles. The number of rotatable bonds is 6. The van der Waals surface area contributed by atoms with E-state index in [0.717, 1.165) is 34.1 Å². The highest BCUT2D eigenvalue weighted by Gasteiger charge is 2.20. The lowest BCUT2D eigenvalue weighted by Crippen LogP contribution is -2.15. The molecule has 0 aliphatic heterocycles. The summed E-state index contributed by atoms with van der Waals surface area (Å²) in [6, 6.07) is 48.8. The Labute approximate surface area is 196 Å². The molecule has 0 aliphatic carbocycles. The van der Waals surface area contributed by atoms with Gasteiger partial charge in [-0.05, 0) is 73.2 Å². The minimum atomic E-state index is 1.13. The summed E-state index contributed by atoms with van der Waals surface area (Å²) in [5, 5.41) is 0. The van der Waals surface area contributed by atoms with Crippen LogP contribution >= 0.6 is 0 Å². The van der Waals surface area contributed by atoms with E-state index in [9.17, 15) is 0 Å². The Bertz CT molecular complexity index is 1120. The first-order valence-corrected chi connectivity index (χ1v) is 11.2. The van der Waals surface area contributed by atoms with Crippen LogP contribution in [0.15, 0.2) is 140 Å². The molecule has 5 aromatic carbocycles. The maximum Gasteiger partial charge on any atom is 0.0511 e.